The summed E-state index contributed by atoms with van der Waals surface area (Å²) in [5.74, 6) is -0.104. The Morgan fingerprint density at radius 2 is 1.95 bits per heavy atom. The molecule has 0 bridgehead atoms. The number of pyridine rings is 1. The van der Waals surface area contributed by atoms with Crippen LogP contribution in [0.5, 0.6) is 0 Å². The smallest absolute Gasteiger partial charge is 0.272 e. The van der Waals surface area contributed by atoms with Crippen molar-refractivity contribution >= 4 is 5.91 Å². The molecule has 1 aliphatic heterocycles. The molecule has 1 amide bonds. The molecule has 1 aromatic heterocycles. The molecule has 0 saturated carbocycles. The molecule has 1 fully saturated rings. The van der Waals surface area contributed by atoms with Crippen molar-refractivity contribution in [2.24, 2.45) is 0 Å². The molecular formula is C17H18N2O2. The Balaban J connectivity index is 1.79. The van der Waals surface area contributed by atoms with Gasteiger partial charge in [-0.05, 0) is 30.5 Å². The fraction of sp³-hybridized carbons (Fsp3) is 0.294. The first-order chi connectivity index (χ1) is 10.3. The van der Waals surface area contributed by atoms with Gasteiger partial charge in [0.05, 0.1) is 12.1 Å². The lowest BCUT2D eigenvalue weighted by molar-refractivity contribution is 0.0634. The number of aliphatic hydroxyl groups excluding tert-OH is 1. The Kier molecular flexibility index (Phi) is 3.97. The maximum Gasteiger partial charge on any atom is 0.272 e. The Morgan fingerprint density at radius 3 is 2.67 bits per heavy atom. The van der Waals surface area contributed by atoms with Gasteiger partial charge in [0.2, 0.25) is 0 Å². The third-order valence-corrected chi connectivity index (χ3v) is 3.94. The van der Waals surface area contributed by atoms with Gasteiger partial charge in [0.15, 0.2) is 0 Å². The lowest BCUT2D eigenvalue weighted by atomic mass is 10.0. The number of hydrogen-bond donors (Lipinski definition) is 1. The molecule has 1 aromatic carbocycles. The number of aliphatic hydroxyl groups is 1. The van der Waals surface area contributed by atoms with Crippen LogP contribution in [0.25, 0.3) is 0 Å². The lowest BCUT2D eigenvalue weighted by Crippen LogP contribution is -2.41. The summed E-state index contributed by atoms with van der Waals surface area (Å²) in [5.41, 5.74) is 1.56. The van der Waals surface area contributed by atoms with Gasteiger partial charge < -0.3 is 10.0 Å². The number of carbonyl (C=O) groups excluding carboxylic acids is 1. The number of carbonyl (C=O) groups is 1. The molecule has 1 N–H and O–H groups in total. The quantitative estimate of drug-likeness (QED) is 0.935. The zero-order valence-electron chi connectivity index (χ0n) is 11.7. The van der Waals surface area contributed by atoms with E-state index in [4.69, 9.17) is 0 Å². The van der Waals surface area contributed by atoms with Gasteiger partial charge in [0.25, 0.3) is 5.91 Å². The molecule has 0 radical (unpaired) electrons. The van der Waals surface area contributed by atoms with Crippen LogP contribution in [0.3, 0.4) is 0 Å². The summed E-state index contributed by atoms with van der Waals surface area (Å²) in [7, 11) is 0. The van der Waals surface area contributed by atoms with Gasteiger partial charge >= 0.3 is 0 Å². The molecule has 0 aliphatic carbocycles. The zero-order chi connectivity index (χ0) is 14.7. The minimum Gasteiger partial charge on any atom is -0.391 e. The van der Waals surface area contributed by atoms with E-state index in [1.807, 2.05) is 30.3 Å². The highest BCUT2D eigenvalue weighted by Gasteiger charge is 2.36. The summed E-state index contributed by atoms with van der Waals surface area (Å²) >= 11 is 0. The first kappa shape index (κ1) is 13.8. The molecular weight excluding hydrogens is 264 g/mol. The predicted octanol–water partition coefficient (Wildman–Crippen LogP) is 1.90. The summed E-state index contributed by atoms with van der Waals surface area (Å²) in [6.07, 6.45) is 2.43. The topological polar surface area (TPSA) is 53.4 Å². The highest BCUT2D eigenvalue weighted by atomic mass is 16.3. The Bertz CT molecular complexity index is 601. The molecule has 2 aromatic rings. The highest BCUT2D eigenvalue weighted by molar-refractivity contribution is 5.92. The van der Waals surface area contributed by atoms with Crippen LogP contribution in [-0.2, 0) is 6.42 Å². The van der Waals surface area contributed by atoms with E-state index in [1.54, 1.807) is 29.3 Å². The third kappa shape index (κ3) is 2.95. The van der Waals surface area contributed by atoms with Crippen LogP contribution in [0.2, 0.25) is 0 Å². The molecule has 4 heteroatoms. The van der Waals surface area contributed by atoms with Crippen molar-refractivity contribution in [1.82, 2.24) is 9.88 Å². The van der Waals surface area contributed by atoms with Gasteiger partial charge in [-0.3, -0.25) is 9.78 Å². The maximum atomic E-state index is 12.5. The van der Waals surface area contributed by atoms with Crippen molar-refractivity contribution in [1.29, 1.82) is 0 Å². The summed E-state index contributed by atoms with van der Waals surface area (Å²) in [6, 6.07) is 15.1. The molecule has 0 spiro atoms. The van der Waals surface area contributed by atoms with Gasteiger partial charge in [-0.1, -0.05) is 36.4 Å². The zero-order valence-corrected chi connectivity index (χ0v) is 11.7. The van der Waals surface area contributed by atoms with E-state index >= 15 is 0 Å². The van der Waals surface area contributed by atoms with Gasteiger partial charge in [-0.15, -0.1) is 0 Å². The molecule has 1 aliphatic rings. The number of aromatic nitrogens is 1. The summed E-state index contributed by atoms with van der Waals surface area (Å²) in [6.45, 7) is 0.577. The van der Waals surface area contributed by atoms with Crippen molar-refractivity contribution in [2.45, 2.75) is 25.0 Å². The van der Waals surface area contributed by atoms with E-state index in [-0.39, 0.29) is 11.9 Å². The van der Waals surface area contributed by atoms with Crippen LogP contribution in [0.4, 0.5) is 0 Å². The van der Waals surface area contributed by atoms with E-state index in [0.29, 0.717) is 25.1 Å². The van der Waals surface area contributed by atoms with Crippen molar-refractivity contribution < 1.29 is 9.90 Å². The standard InChI is InChI=1S/C17H18N2O2/c20-16-9-11-19(17(21)14-8-4-5-10-18-14)15(16)12-13-6-2-1-3-7-13/h1-8,10,15-16,20H,9,11-12H2/t15-,16-/m1/s1. The summed E-state index contributed by atoms with van der Waals surface area (Å²) in [5, 5.41) is 10.2. The molecule has 2 heterocycles. The second-order valence-electron chi connectivity index (χ2n) is 5.33. The number of benzene rings is 1. The molecule has 0 unspecified atom stereocenters. The van der Waals surface area contributed by atoms with Gasteiger partial charge in [0, 0.05) is 12.7 Å². The minimum absolute atomic E-state index is 0.104. The van der Waals surface area contributed by atoms with Crippen LogP contribution < -0.4 is 0 Å². The highest BCUT2D eigenvalue weighted by Crippen LogP contribution is 2.23. The minimum atomic E-state index is -0.474. The number of nitrogens with zero attached hydrogens (tertiary/aromatic N) is 2. The normalized spacial score (nSPS) is 21.5. The van der Waals surface area contributed by atoms with Crippen LogP contribution in [0.15, 0.2) is 54.7 Å². The second kappa shape index (κ2) is 6.06. The SMILES string of the molecule is O=C(c1ccccn1)N1CC[C@@H](O)[C@H]1Cc1ccccc1. The van der Waals surface area contributed by atoms with Crippen molar-refractivity contribution in [3.8, 4) is 0 Å². The third-order valence-electron chi connectivity index (χ3n) is 3.94. The molecule has 2 atom stereocenters. The van der Waals surface area contributed by atoms with Crippen molar-refractivity contribution in [3.05, 3.63) is 66.0 Å². The summed E-state index contributed by atoms with van der Waals surface area (Å²) in [4.78, 5) is 18.4. The average Bonchev–Trinajstić information content (AvgIpc) is 2.90. The van der Waals surface area contributed by atoms with E-state index in [1.165, 1.54) is 0 Å². The van der Waals surface area contributed by atoms with E-state index in [2.05, 4.69) is 4.98 Å². The molecule has 108 valence electrons. The molecule has 1 saturated heterocycles. The van der Waals surface area contributed by atoms with E-state index < -0.39 is 6.10 Å². The number of likely N-dealkylation sites (tertiary alicyclic amines) is 1. The average molecular weight is 282 g/mol. The van der Waals surface area contributed by atoms with Gasteiger partial charge in [-0.25, -0.2) is 0 Å². The van der Waals surface area contributed by atoms with Crippen LogP contribution in [0, 0.1) is 0 Å². The first-order valence-electron chi connectivity index (χ1n) is 7.19. The number of amides is 1. The van der Waals surface area contributed by atoms with Crippen LogP contribution in [0.1, 0.15) is 22.5 Å². The summed E-state index contributed by atoms with van der Waals surface area (Å²) < 4.78 is 0. The van der Waals surface area contributed by atoms with Crippen molar-refractivity contribution in [2.75, 3.05) is 6.54 Å². The fourth-order valence-electron chi connectivity index (χ4n) is 2.83. The second-order valence-corrected chi connectivity index (χ2v) is 5.33. The first-order valence-corrected chi connectivity index (χ1v) is 7.19. The van der Waals surface area contributed by atoms with E-state index in [9.17, 15) is 9.90 Å². The van der Waals surface area contributed by atoms with Gasteiger partial charge in [-0.2, -0.15) is 0 Å². The van der Waals surface area contributed by atoms with Crippen molar-refractivity contribution in [3.63, 3.8) is 0 Å². The molecule has 3 rings (SSSR count). The predicted molar refractivity (Wildman–Crippen MR) is 79.8 cm³/mol. The number of hydrogen-bond acceptors (Lipinski definition) is 3. The fourth-order valence-corrected chi connectivity index (χ4v) is 2.83. The molecule has 4 nitrogen and oxygen atoms in total. The van der Waals surface area contributed by atoms with Crippen LogP contribution >= 0.6 is 0 Å². The molecule has 21 heavy (non-hydrogen) atoms. The Labute approximate surface area is 124 Å². The van der Waals surface area contributed by atoms with Crippen LogP contribution in [-0.4, -0.2) is 39.6 Å². The largest absolute Gasteiger partial charge is 0.391 e. The number of rotatable bonds is 3. The van der Waals surface area contributed by atoms with Gasteiger partial charge in [0.1, 0.15) is 5.69 Å². The monoisotopic (exact) mass is 282 g/mol. The maximum absolute atomic E-state index is 12.5. The van der Waals surface area contributed by atoms with E-state index in [0.717, 1.165) is 5.56 Å². The Morgan fingerprint density at radius 1 is 1.19 bits per heavy atom. The Hall–Kier alpha value is -2.20. The lowest BCUT2D eigenvalue weighted by Gasteiger charge is -2.26.